The minimum atomic E-state index is -4.09. The maximum absolute atomic E-state index is 12.7. The Bertz CT molecular complexity index is 594. The molecule has 1 saturated carbocycles. The molecule has 0 spiro atoms. The molecule has 21 heavy (non-hydrogen) atoms. The summed E-state index contributed by atoms with van der Waals surface area (Å²) in [5.41, 5.74) is 6.71. The number of nitrogens with zero attached hydrogens (tertiary/aromatic N) is 1. The fourth-order valence-electron chi connectivity index (χ4n) is 2.99. The SMILES string of the molecule is NC1(Cc2nc3ccccc3s2)CCC(C(F)(F)F)CC1. The van der Waals surface area contributed by atoms with Crippen LogP contribution in [0.15, 0.2) is 24.3 Å². The Hall–Kier alpha value is -1.14. The summed E-state index contributed by atoms with van der Waals surface area (Å²) >= 11 is 1.58. The molecule has 0 saturated heterocycles. The molecule has 114 valence electrons. The quantitative estimate of drug-likeness (QED) is 0.898. The van der Waals surface area contributed by atoms with Crippen LogP contribution in [0, 0.1) is 5.92 Å². The Kier molecular flexibility index (Phi) is 3.69. The number of fused-ring (bicyclic) bond motifs is 1. The smallest absolute Gasteiger partial charge is 0.325 e. The Balaban J connectivity index is 1.70. The van der Waals surface area contributed by atoms with Crippen molar-refractivity contribution in [2.24, 2.45) is 11.7 Å². The highest BCUT2D eigenvalue weighted by atomic mass is 32.1. The highest BCUT2D eigenvalue weighted by Gasteiger charge is 2.44. The van der Waals surface area contributed by atoms with Crippen LogP contribution in [0.5, 0.6) is 0 Å². The van der Waals surface area contributed by atoms with Gasteiger partial charge in [-0.25, -0.2) is 4.98 Å². The molecule has 6 heteroatoms. The van der Waals surface area contributed by atoms with Gasteiger partial charge >= 0.3 is 6.18 Å². The van der Waals surface area contributed by atoms with E-state index in [1.807, 2.05) is 24.3 Å². The van der Waals surface area contributed by atoms with E-state index in [4.69, 9.17) is 5.73 Å². The van der Waals surface area contributed by atoms with Gasteiger partial charge in [-0.1, -0.05) is 12.1 Å². The van der Waals surface area contributed by atoms with Crippen molar-refractivity contribution in [3.8, 4) is 0 Å². The van der Waals surface area contributed by atoms with Crippen molar-refractivity contribution in [2.75, 3.05) is 0 Å². The zero-order valence-corrected chi connectivity index (χ0v) is 12.3. The van der Waals surface area contributed by atoms with Crippen molar-refractivity contribution in [1.82, 2.24) is 4.98 Å². The van der Waals surface area contributed by atoms with Crippen LogP contribution in [-0.2, 0) is 6.42 Å². The number of para-hydroxylation sites is 1. The first kappa shape index (κ1) is 14.8. The van der Waals surface area contributed by atoms with Crippen LogP contribution in [0.4, 0.5) is 13.2 Å². The number of thiazole rings is 1. The van der Waals surface area contributed by atoms with Gasteiger partial charge in [-0.2, -0.15) is 13.2 Å². The van der Waals surface area contributed by atoms with Gasteiger partial charge < -0.3 is 5.73 Å². The second-order valence-electron chi connectivity index (χ2n) is 5.93. The van der Waals surface area contributed by atoms with Gasteiger partial charge in [-0.05, 0) is 37.8 Å². The molecule has 0 amide bonds. The van der Waals surface area contributed by atoms with E-state index in [-0.39, 0.29) is 12.8 Å². The molecule has 1 fully saturated rings. The van der Waals surface area contributed by atoms with Crippen LogP contribution in [0.1, 0.15) is 30.7 Å². The lowest BCUT2D eigenvalue weighted by Gasteiger charge is -2.37. The maximum Gasteiger partial charge on any atom is 0.391 e. The van der Waals surface area contributed by atoms with E-state index in [0.717, 1.165) is 15.2 Å². The normalized spacial score (nSPS) is 27.1. The predicted molar refractivity (Wildman–Crippen MR) is 78.3 cm³/mol. The monoisotopic (exact) mass is 314 g/mol. The van der Waals surface area contributed by atoms with Crippen molar-refractivity contribution >= 4 is 21.6 Å². The lowest BCUT2D eigenvalue weighted by molar-refractivity contribution is -0.184. The number of aromatic nitrogens is 1. The fraction of sp³-hybridized carbons (Fsp3) is 0.533. The van der Waals surface area contributed by atoms with Gasteiger partial charge in [0, 0.05) is 12.0 Å². The zero-order valence-electron chi connectivity index (χ0n) is 11.5. The summed E-state index contributed by atoms with van der Waals surface area (Å²) in [5, 5.41) is 0.921. The van der Waals surface area contributed by atoms with Crippen LogP contribution < -0.4 is 5.73 Å². The molecule has 1 aromatic carbocycles. The first-order valence-electron chi connectivity index (χ1n) is 7.06. The maximum atomic E-state index is 12.7. The molecule has 2 nitrogen and oxygen atoms in total. The van der Waals surface area contributed by atoms with Gasteiger partial charge in [0.1, 0.15) is 0 Å². The standard InChI is InChI=1S/C15H17F3N2S/c16-15(17,18)10-5-7-14(19,8-6-10)9-13-20-11-3-1-2-4-12(11)21-13/h1-4,10H,5-9,19H2. The fourth-order valence-corrected chi connectivity index (χ4v) is 4.12. The first-order chi connectivity index (χ1) is 9.86. The molecule has 1 aromatic heterocycles. The van der Waals surface area contributed by atoms with Gasteiger partial charge in [0.2, 0.25) is 0 Å². The Labute approximate surface area is 125 Å². The number of hydrogen-bond acceptors (Lipinski definition) is 3. The molecule has 1 aliphatic rings. The Morgan fingerprint density at radius 2 is 1.90 bits per heavy atom. The second-order valence-corrected chi connectivity index (χ2v) is 7.05. The second kappa shape index (κ2) is 5.25. The minimum absolute atomic E-state index is 0.130. The molecule has 1 heterocycles. The third kappa shape index (κ3) is 3.21. The van der Waals surface area contributed by atoms with E-state index >= 15 is 0 Å². The minimum Gasteiger partial charge on any atom is -0.325 e. The summed E-state index contributed by atoms with van der Waals surface area (Å²) in [4.78, 5) is 4.54. The van der Waals surface area contributed by atoms with E-state index in [1.165, 1.54) is 0 Å². The van der Waals surface area contributed by atoms with E-state index in [9.17, 15) is 13.2 Å². The largest absolute Gasteiger partial charge is 0.391 e. The number of alkyl halides is 3. The number of benzene rings is 1. The van der Waals surface area contributed by atoms with Crippen molar-refractivity contribution in [3.05, 3.63) is 29.3 Å². The average molecular weight is 314 g/mol. The van der Waals surface area contributed by atoms with Crippen LogP contribution in [0.3, 0.4) is 0 Å². The van der Waals surface area contributed by atoms with E-state index < -0.39 is 17.6 Å². The lowest BCUT2D eigenvalue weighted by Crippen LogP contribution is -2.47. The molecule has 1 aliphatic carbocycles. The van der Waals surface area contributed by atoms with Crippen LogP contribution in [-0.4, -0.2) is 16.7 Å². The van der Waals surface area contributed by atoms with Gasteiger partial charge in [-0.15, -0.1) is 11.3 Å². The molecule has 0 aliphatic heterocycles. The molecule has 0 bridgehead atoms. The highest BCUT2D eigenvalue weighted by Crippen LogP contribution is 2.41. The number of rotatable bonds is 2. The molecule has 0 atom stereocenters. The number of halogens is 3. The van der Waals surface area contributed by atoms with Crippen molar-refractivity contribution < 1.29 is 13.2 Å². The summed E-state index contributed by atoms with van der Waals surface area (Å²) < 4.78 is 39.2. The summed E-state index contributed by atoms with van der Waals surface area (Å²) in [6.07, 6.45) is -2.44. The molecule has 3 rings (SSSR count). The predicted octanol–water partition coefficient (Wildman–Crippen LogP) is 4.29. The molecule has 2 N–H and O–H groups in total. The van der Waals surface area contributed by atoms with Gasteiger partial charge in [0.25, 0.3) is 0 Å². The van der Waals surface area contributed by atoms with E-state index in [2.05, 4.69) is 4.98 Å². The van der Waals surface area contributed by atoms with Crippen molar-refractivity contribution in [1.29, 1.82) is 0 Å². The van der Waals surface area contributed by atoms with Gasteiger partial charge in [-0.3, -0.25) is 0 Å². The molecular weight excluding hydrogens is 297 g/mol. The molecule has 2 aromatic rings. The average Bonchev–Trinajstić information content (AvgIpc) is 2.79. The van der Waals surface area contributed by atoms with Crippen LogP contribution >= 0.6 is 11.3 Å². The molecule has 0 unspecified atom stereocenters. The highest BCUT2D eigenvalue weighted by molar-refractivity contribution is 7.18. The van der Waals surface area contributed by atoms with E-state index in [1.54, 1.807) is 11.3 Å². The van der Waals surface area contributed by atoms with Crippen LogP contribution in [0.2, 0.25) is 0 Å². The van der Waals surface area contributed by atoms with E-state index in [0.29, 0.717) is 19.3 Å². The summed E-state index contributed by atoms with van der Waals surface area (Å²) in [5.74, 6) is -1.19. The summed E-state index contributed by atoms with van der Waals surface area (Å²) in [6, 6.07) is 7.83. The van der Waals surface area contributed by atoms with Crippen molar-refractivity contribution in [3.63, 3.8) is 0 Å². The first-order valence-corrected chi connectivity index (χ1v) is 7.87. The number of hydrogen-bond donors (Lipinski definition) is 1. The number of nitrogens with two attached hydrogens (primary N) is 1. The van der Waals surface area contributed by atoms with Crippen LogP contribution in [0.25, 0.3) is 10.2 Å². The summed E-state index contributed by atoms with van der Waals surface area (Å²) in [7, 11) is 0. The van der Waals surface area contributed by atoms with Gasteiger partial charge in [0.15, 0.2) is 0 Å². The topological polar surface area (TPSA) is 38.9 Å². The lowest BCUT2D eigenvalue weighted by atomic mass is 9.75. The molecular formula is C15H17F3N2S. The Morgan fingerprint density at radius 3 is 2.52 bits per heavy atom. The third-order valence-electron chi connectivity index (χ3n) is 4.29. The van der Waals surface area contributed by atoms with Gasteiger partial charge in [0.05, 0.1) is 21.1 Å². The molecule has 0 radical (unpaired) electrons. The van der Waals surface area contributed by atoms with Crippen molar-refractivity contribution in [2.45, 2.75) is 43.8 Å². The Morgan fingerprint density at radius 1 is 1.24 bits per heavy atom. The summed E-state index contributed by atoms with van der Waals surface area (Å²) in [6.45, 7) is 0. The third-order valence-corrected chi connectivity index (χ3v) is 5.32. The zero-order chi connectivity index (χ0) is 15.1.